The number of carbonyl (C=O) groups is 4. The van der Waals surface area contributed by atoms with Gasteiger partial charge >= 0.3 is 32.4 Å². The number of urea groups is 1. The number of phosphoric acid groups is 1. The predicted octanol–water partition coefficient (Wildman–Crippen LogP) is 0.448. The molecule has 0 radical (unpaired) electrons. The van der Waals surface area contributed by atoms with Gasteiger partial charge in [0.25, 0.3) is 5.56 Å². The maximum atomic E-state index is 16.5. The fourth-order valence-corrected chi connectivity index (χ4v) is 9.63. The number of amides is 5. The van der Waals surface area contributed by atoms with Crippen LogP contribution in [0.1, 0.15) is 39.1 Å². The summed E-state index contributed by atoms with van der Waals surface area (Å²) in [6, 6.07) is 3.77. The molecule has 6 heterocycles. The molecule has 3 aliphatic heterocycles. The number of aromatic nitrogens is 6. The van der Waals surface area contributed by atoms with E-state index in [1.54, 1.807) is 13.8 Å². The number of phosphoric ester groups is 1. The van der Waals surface area contributed by atoms with Crippen LogP contribution in [0, 0.1) is 5.92 Å². The molecule has 70 heavy (non-hydrogen) atoms. The molecule has 28 nitrogen and oxygen atoms in total. The van der Waals surface area contributed by atoms with E-state index < -0.39 is 124 Å². The third kappa shape index (κ3) is 12.4. The molecule has 33 heteroatoms. The Kier molecular flexibility index (Phi) is 16.2. The van der Waals surface area contributed by atoms with Crippen LogP contribution in [-0.4, -0.2) is 131 Å². The van der Waals surface area contributed by atoms with Crippen molar-refractivity contribution in [3.8, 4) is 5.75 Å². The van der Waals surface area contributed by atoms with Gasteiger partial charge in [-0.1, -0.05) is 13.8 Å². The number of fused-ring (bicyclic) bond motifs is 3. The molecule has 4 aromatic rings. The lowest BCUT2D eigenvalue weighted by atomic mass is 10.0. The van der Waals surface area contributed by atoms with Crippen molar-refractivity contribution < 1.29 is 74.6 Å². The second-order valence-electron chi connectivity index (χ2n) is 16.0. The fourth-order valence-electron chi connectivity index (χ4n) is 7.24. The normalized spacial score (nSPS) is 28.9. The first-order valence-electron chi connectivity index (χ1n) is 21.0. The van der Waals surface area contributed by atoms with Gasteiger partial charge in [0.1, 0.15) is 42.5 Å². The number of hydrogen-bond donors (Lipinski definition) is 9. The molecule has 11 N–H and O–H groups in total. The summed E-state index contributed by atoms with van der Waals surface area (Å²) in [6.45, 7) is -2.69. The largest absolute Gasteiger partial charge is 0.472 e. The number of alkyl halides is 2. The molecule has 3 saturated heterocycles. The Balaban J connectivity index is 0.998. The molecular weight excluding hydrogens is 1000 g/mol. The quantitative estimate of drug-likeness (QED) is 0.0648. The van der Waals surface area contributed by atoms with Gasteiger partial charge in [-0.25, -0.2) is 42.7 Å². The number of aromatic amines is 1. The molecule has 3 aromatic heterocycles. The zero-order chi connectivity index (χ0) is 50.7. The topological polar surface area (TPSA) is 389 Å². The summed E-state index contributed by atoms with van der Waals surface area (Å²) < 4.78 is 85.1. The molecule has 7 rings (SSSR count). The number of halogens is 2. The molecule has 5 amide bonds. The van der Waals surface area contributed by atoms with Gasteiger partial charge in [-0.05, 0) is 54.8 Å². The standard InChI is InChI=1S/C37H46F2N12O16P2S/c1-16(2)25(40)32(54)47-19(4-3-10-42-35(41)55)31(53)46-17-5-7-18(8-6-17)63-37(57)49-29-26-30(44-14-43-29)51(15-45-26)34-23(38)27-21(65-34)13-62-69(60,70)67-28-20(12-61-68(58,59)66-27)64-33(24(28)39)50-11-9-22(52)48-36(50)56/h5-9,11,14-16,19-21,23-25,27-28,33-34H,3-4,10,12-13,40H2,1-2H3,(H,46,53)(H,47,54)(H,58,59)(H,60,70)(H3,41,42,55)(H,48,52,56)(H,43,44,49,57)/t19?,20-,21-,23-,24-,25?,27-,28-,33-,34-,69?/m1/s1. The van der Waals surface area contributed by atoms with Gasteiger partial charge in [0.2, 0.25) is 11.8 Å². The van der Waals surface area contributed by atoms with Gasteiger partial charge in [0.05, 0.1) is 25.6 Å². The van der Waals surface area contributed by atoms with Crippen molar-refractivity contribution in [2.75, 3.05) is 30.4 Å². The zero-order valence-electron chi connectivity index (χ0n) is 36.6. The number of ether oxygens (including phenoxy) is 3. The van der Waals surface area contributed by atoms with E-state index in [1.807, 2.05) is 4.98 Å². The predicted molar refractivity (Wildman–Crippen MR) is 239 cm³/mol. The molecule has 3 aliphatic rings. The number of nitrogens with two attached hydrogens (primary N) is 2. The lowest BCUT2D eigenvalue weighted by Gasteiger charge is -2.28. The summed E-state index contributed by atoms with van der Waals surface area (Å²) in [5, 5.41) is 10.1. The van der Waals surface area contributed by atoms with Crippen molar-refractivity contribution in [1.29, 1.82) is 0 Å². The Morgan fingerprint density at radius 3 is 2.26 bits per heavy atom. The minimum Gasteiger partial charge on any atom is -0.410 e. The van der Waals surface area contributed by atoms with Gasteiger partial charge in [0, 0.05) is 24.5 Å². The molecule has 0 saturated carbocycles. The minimum absolute atomic E-state index is 0.00184. The van der Waals surface area contributed by atoms with Crippen LogP contribution in [0.3, 0.4) is 0 Å². The second kappa shape index (κ2) is 21.7. The molecule has 0 aliphatic carbocycles. The summed E-state index contributed by atoms with van der Waals surface area (Å²) in [6.07, 6.45) is -13.0. The van der Waals surface area contributed by atoms with Gasteiger partial charge in [-0.2, -0.15) is 0 Å². The molecule has 380 valence electrons. The van der Waals surface area contributed by atoms with E-state index in [0.29, 0.717) is 11.0 Å². The molecule has 4 unspecified atom stereocenters. The number of H-pyrrole nitrogens is 1. The van der Waals surface area contributed by atoms with Crippen molar-refractivity contribution in [3.05, 3.63) is 70.0 Å². The van der Waals surface area contributed by atoms with Crippen molar-refractivity contribution in [2.24, 2.45) is 17.4 Å². The summed E-state index contributed by atoms with van der Waals surface area (Å²) in [5.41, 5.74) is 9.22. The molecule has 0 spiro atoms. The highest BCUT2D eigenvalue weighted by molar-refractivity contribution is 8.07. The summed E-state index contributed by atoms with van der Waals surface area (Å²) >= 11 is 5.10. The summed E-state index contributed by atoms with van der Waals surface area (Å²) in [4.78, 5) is 110. The monoisotopic (exact) mass is 1050 g/mol. The first-order chi connectivity index (χ1) is 33.1. The smallest absolute Gasteiger partial charge is 0.410 e. The number of carbonyl (C=O) groups excluding carboxylic acids is 4. The number of primary amides is 1. The Morgan fingerprint density at radius 2 is 1.60 bits per heavy atom. The van der Waals surface area contributed by atoms with E-state index in [1.165, 1.54) is 24.3 Å². The van der Waals surface area contributed by atoms with Crippen LogP contribution in [0.15, 0.2) is 58.8 Å². The van der Waals surface area contributed by atoms with Crippen molar-refractivity contribution >= 4 is 73.0 Å². The lowest BCUT2D eigenvalue weighted by molar-refractivity contribution is -0.128. The molecular formula is C37H46F2N12O16P2S. The van der Waals surface area contributed by atoms with E-state index in [9.17, 15) is 43.1 Å². The summed E-state index contributed by atoms with van der Waals surface area (Å²) in [7, 11) is -5.28. The van der Waals surface area contributed by atoms with Crippen LogP contribution in [-0.2, 0) is 53.5 Å². The third-order valence-corrected chi connectivity index (χ3v) is 13.3. The summed E-state index contributed by atoms with van der Waals surface area (Å²) in [5.74, 6) is -1.57. The molecule has 0 bridgehead atoms. The molecule has 12 atom stereocenters. The van der Waals surface area contributed by atoms with Crippen LogP contribution in [0.4, 0.5) is 29.9 Å². The van der Waals surface area contributed by atoms with Gasteiger partial charge < -0.3 is 55.9 Å². The average molecular weight is 1050 g/mol. The average Bonchev–Trinajstić information content (AvgIpc) is 3.95. The highest BCUT2D eigenvalue weighted by atomic mass is 32.5. The Hall–Kier alpha value is -5.69. The van der Waals surface area contributed by atoms with E-state index in [2.05, 4.69) is 36.2 Å². The van der Waals surface area contributed by atoms with E-state index in [4.69, 9.17) is 55.6 Å². The Morgan fingerprint density at radius 1 is 0.943 bits per heavy atom. The van der Waals surface area contributed by atoms with Crippen molar-refractivity contribution in [1.82, 2.24) is 39.7 Å². The van der Waals surface area contributed by atoms with E-state index in [-0.39, 0.29) is 47.3 Å². The van der Waals surface area contributed by atoms with Gasteiger partial charge in [-0.3, -0.25) is 47.4 Å². The highest BCUT2D eigenvalue weighted by Crippen LogP contribution is 2.54. The number of benzene rings is 1. The fraction of sp³-hybridized carbons (Fsp3) is 0.486. The number of anilines is 2. The highest BCUT2D eigenvalue weighted by Gasteiger charge is 2.54. The van der Waals surface area contributed by atoms with Crippen LogP contribution in [0.5, 0.6) is 5.75 Å². The number of hydrogen-bond acceptors (Lipinski definition) is 19. The molecule has 3 fully saturated rings. The third-order valence-electron chi connectivity index (χ3n) is 10.8. The SMILES string of the molecule is CC(C)C(N)C(=O)NC(CCCNC(N)=O)C(=O)Nc1ccc(OC(=O)Nc2ncnc3c2ncn3[C@@H]2O[C@@H]3COP(O)(=S)O[C@H]4[C@@H](F)[C@H](n5ccc(=O)[nH]c5=O)O[C@@H]4COP(=O)(O)O[C@H]3[C@H]2F)cc1. The minimum atomic E-state index is -5.28. The second-order valence-corrected chi connectivity index (χ2v) is 20.2. The maximum Gasteiger partial charge on any atom is 0.472 e. The van der Waals surface area contributed by atoms with Crippen LogP contribution >= 0.6 is 14.5 Å². The van der Waals surface area contributed by atoms with Crippen molar-refractivity contribution in [3.63, 3.8) is 0 Å². The van der Waals surface area contributed by atoms with Crippen LogP contribution in [0.25, 0.3) is 11.2 Å². The van der Waals surface area contributed by atoms with Gasteiger partial charge in [0.15, 0.2) is 41.8 Å². The number of nitrogens with zero attached hydrogens (tertiary/aromatic N) is 5. The number of nitrogens with one attached hydrogen (secondary N) is 5. The first kappa shape index (κ1) is 52.1. The Bertz CT molecular complexity index is 2810. The lowest BCUT2D eigenvalue weighted by Crippen LogP contribution is -2.51. The zero-order valence-corrected chi connectivity index (χ0v) is 39.2. The van der Waals surface area contributed by atoms with Crippen LogP contribution < -0.4 is 48.7 Å². The first-order valence-corrected chi connectivity index (χ1v) is 25.1. The number of imidazole rings is 1. The van der Waals surface area contributed by atoms with Crippen molar-refractivity contribution in [2.45, 2.75) is 88.0 Å². The number of rotatable bonds is 13. The van der Waals surface area contributed by atoms with Gasteiger partial charge in [-0.15, -0.1) is 0 Å². The van der Waals surface area contributed by atoms with E-state index >= 15 is 8.78 Å². The molecule has 1 aromatic carbocycles. The Labute approximate surface area is 397 Å². The van der Waals surface area contributed by atoms with E-state index in [0.717, 1.165) is 29.5 Å². The van der Waals surface area contributed by atoms with Crippen LogP contribution in [0.2, 0.25) is 0 Å². The maximum absolute atomic E-state index is 16.5.